The number of rotatable bonds is 5. The fourth-order valence-electron chi connectivity index (χ4n) is 2.09. The second kappa shape index (κ2) is 5.91. The number of hydrogen-bond acceptors (Lipinski definition) is 2. The van der Waals surface area contributed by atoms with Crippen LogP contribution in [0.25, 0.3) is 0 Å². The summed E-state index contributed by atoms with van der Waals surface area (Å²) in [7, 11) is 0. The molecule has 0 unspecified atom stereocenters. The van der Waals surface area contributed by atoms with Crippen LogP contribution in [0, 0.1) is 20.8 Å². The van der Waals surface area contributed by atoms with E-state index in [9.17, 15) is 0 Å². The Morgan fingerprint density at radius 2 is 1.95 bits per heavy atom. The Bertz CT molecular complexity index is 555. The van der Waals surface area contributed by atoms with Crippen molar-refractivity contribution in [2.24, 2.45) is 0 Å². The summed E-state index contributed by atoms with van der Waals surface area (Å²) in [6, 6.07) is 6.42. The van der Waals surface area contributed by atoms with Crippen molar-refractivity contribution < 1.29 is 0 Å². The fraction of sp³-hybridized carbons (Fsp3) is 0.438. The van der Waals surface area contributed by atoms with Gasteiger partial charge in [0.2, 0.25) is 5.95 Å². The first-order valence-electron chi connectivity index (χ1n) is 6.98. The average molecular weight is 257 g/mol. The molecule has 1 N–H and O–H groups in total. The van der Waals surface area contributed by atoms with Gasteiger partial charge in [0, 0.05) is 18.4 Å². The Morgan fingerprint density at radius 3 is 2.63 bits per heavy atom. The summed E-state index contributed by atoms with van der Waals surface area (Å²) < 4.78 is 2.20. The summed E-state index contributed by atoms with van der Waals surface area (Å²) in [6.07, 6.45) is 4.48. The molecule has 0 saturated carbocycles. The summed E-state index contributed by atoms with van der Waals surface area (Å²) in [5.41, 5.74) is 4.78. The number of imidazole rings is 1. The van der Waals surface area contributed by atoms with E-state index in [1.54, 1.807) is 0 Å². The van der Waals surface area contributed by atoms with Gasteiger partial charge in [-0.3, -0.25) is 0 Å². The molecule has 0 aliphatic rings. The zero-order chi connectivity index (χ0) is 13.8. The molecule has 2 rings (SSSR count). The highest BCUT2D eigenvalue weighted by atomic mass is 15.2. The van der Waals surface area contributed by atoms with E-state index in [1.165, 1.54) is 24.0 Å². The molecule has 1 aromatic carbocycles. The summed E-state index contributed by atoms with van der Waals surface area (Å²) in [5, 5.41) is 3.42. The van der Waals surface area contributed by atoms with Gasteiger partial charge in [-0.25, -0.2) is 4.98 Å². The van der Waals surface area contributed by atoms with Crippen LogP contribution < -0.4 is 5.32 Å². The van der Waals surface area contributed by atoms with Crippen LogP contribution in [0.5, 0.6) is 0 Å². The Hall–Kier alpha value is -1.77. The van der Waals surface area contributed by atoms with Crippen molar-refractivity contribution in [3.8, 4) is 0 Å². The second-order valence-electron chi connectivity index (χ2n) is 5.18. The number of unbranched alkanes of at least 4 members (excludes halogenated alkanes) is 1. The SMILES string of the molecule is CCCCn1cc(C)nc1Nc1ccc(C)c(C)c1. The predicted molar refractivity (Wildman–Crippen MR) is 81.1 cm³/mol. The van der Waals surface area contributed by atoms with Crippen LogP contribution in [0.2, 0.25) is 0 Å². The van der Waals surface area contributed by atoms with E-state index in [0.717, 1.165) is 23.9 Å². The van der Waals surface area contributed by atoms with Crippen LogP contribution in [-0.2, 0) is 6.54 Å². The quantitative estimate of drug-likeness (QED) is 0.863. The lowest BCUT2D eigenvalue weighted by Gasteiger charge is -2.10. The van der Waals surface area contributed by atoms with E-state index in [4.69, 9.17) is 0 Å². The molecule has 3 heteroatoms. The molecule has 0 aliphatic carbocycles. The highest BCUT2D eigenvalue weighted by molar-refractivity contribution is 5.56. The Kier molecular flexibility index (Phi) is 4.25. The van der Waals surface area contributed by atoms with Crippen molar-refractivity contribution >= 4 is 11.6 Å². The monoisotopic (exact) mass is 257 g/mol. The van der Waals surface area contributed by atoms with E-state index in [0.29, 0.717) is 0 Å². The van der Waals surface area contributed by atoms with Crippen molar-refractivity contribution in [1.29, 1.82) is 0 Å². The zero-order valence-corrected chi connectivity index (χ0v) is 12.3. The summed E-state index contributed by atoms with van der Waals surface area (Å²) in [5.74, 6) is 0.939. The third kappa shape index (κ3) is 3.37. The molecule has 102 valence electrons. The third-order valence-corrected chi connectivity index (χ3v) is 3.41. The molecule has 1 heterocycles. The van der Waals surface area contributed by atoms with E-state index in [1.807, 2.05) is 6.92 Å². The number of hydrogen-bond donors (Lipinski definition) is 1. The highest BCUT2D eigenvalue weighted by Crippen LogP contribution is 2.19. The van der Waals surface area contributed by atoms with Crippen LogP contribution >= 0.6 is 0 Å². The summed E-state index contributed by atoms with van der Waals surface area (Å²) in [6.45, 7) is 9.53. The van der Waals surface area contributed by atoms with Crippen LogP contribution in [0.15, 0.2) is 24.4 Å². The van der Waals surface area contributed by atoms with Gasteiger partial charge in [0.1, 0.15) is 0 Å². The molecule has 0 amide bonds. The first-order chi connectivity index (χ1) is 9.10. The molecule has 1 aromatic heterocycles. The van der Waals surface area contributed by atoms with E-state index in [2.05, 4.69) is 60.0 Å². The summed E-state index contributed by atoms with van der Waals surface area (Å²) in [4.78, 5) is 4.56. The number of aryl methyl sites for hydroxylation is 4. The molecule has 19 heavy (non-hydrogen) atoms. The number of anilines is 2. The smallest absolute Gasteiger partial charge is 0.207 e. The minimum absolute atomic E-state index is 0.939. The van der Waals surface area contributed by atoms with Crippen molar-refractivity contribution in [2.45, 2.75) is 47.1 Å². The maximum absolute atomic E-state index is 4.56. The maximum Gasteiger partial charge on any atom is 0.207 e. The first kappa shape index (κ1) is 13.7. The molecule has 0 atom stereocenters. The lowest BCUT2D eigenvalue weighted by molar-refractivity contribution is 0.637. The second-order valence-corrected chi connectivity index (χ2v) is 5.18. The normalized spacial score (nSPS) is 10.7. The van der Waals surface area contributed by atoms with Gasteiger partial charge in [-0.1, -0.05) is 19.4 Å². The van der Waals surface area contributed by atoms with Crippen LogP contribution in [0.4, 0.5) is 11.6 Å². The van der Waals surface area contributed by atoms with Crippen molar-refractivity contribution in [1.82, 2.24) is 9.55 Å². The number of nitrogens with zero attached hydrogens (tertiary/aromatic N) is 2. The van der Waals surface area contributed by atoms with Gasteiger partial charge in [0.25, 0.3) is 0 Å². The van der Waals surface area contributed by atoms with Crippen molar-refractivity contribution in [3.05, 3.63) is 41.2 Å². The van der Waals surface area contributed by atoms with Gasteiger partial charge in [0.15, 0.2) is 0 Å². The fourth-order valence-corrected chi connectivity index (χ4v) is 2.09. The standard InChI is InChI=1S/C16H23N3/c1-5-6-9-19-11-14(4)17-16(19)18-15-8-7-12(2)13(3)10-15/h7-8,10-11H,5-6,9H2,1-4H3,(H,17,18). The van der Waals surface area contributed by atoms with Gasteiger partial charge in [-0.2, -0.15) is 0 Å². The lowest BCUT2D eigenvalue weighted by Crippen LogP contribution is -2.03. The number of benzene rings is 1. The Balaban J connectivity index is 2.19. The predicted octanol–water partition coefficient (Wildman–Crippen LogP) is 4.35. The molecular weight excluding hydrogens is 234 g/mol. The largest absolute Gasteiger partial charge is 0.326 e. The average Bonchev–Trinajstić information content (AvgIpc) is 2.71. The Morgan fingerprint density at radius 1 is 1.16 bits per heavy atom. The Labute approximate surface area is 115 Å². The molecule has 0 spiro atoms. The van der Waals surface area contributed by atoms with E-state index >= 15 is 0 Å². The molecule has 0 saturated heterocycles. The van der Waals surface area contributed by atoms with E-state index in [-0.39, 0.29) is 0 Å². The maximum atomic E-state index is 4.56. The topological polar surface area (TPSA) is 29.9 Å². The van der Waals surface area contributed by atoms with Crippen molar-refractivity contribution in [3.63, 3.8) is 0 Å². The molecule has 2 aromatic rings. The lowest BCUT2D eigenvalue weighted by atomic mass is 10.1. The van der Waals surface area contributed by atoms with E-state index < -0.39 is 0 Å². The van der Waals surface area contributed by atoms with Gasteiger partial charge >= 0.3 is 0 Å². The minimum atomic E-state index is 0.939. The first-order valence-corrected chi connectivity index (χ1v) is 6.98. The summed E-state index contributed by atoms with van der Waals surface area (Å²) >= 11 is 0. The van der Waals surface area contributed by atoms with Gasteiger partial charge in [-0.15, -0.1) is 0 Å². The van der Waals surface area contributed by atoms with Gasteiger partial charge in [-0.05, 0) is 50.5 Å². The highest BCUT2D eigenvalue weighted by Gasteiger charge is 2.06. The molecule has 0 radical (unpaired) electrons. The molecule has 0 bridgehead atoms. The van der Waals surface area contributed by atoms with Gasteiger partial charge in [0.05, 0.1) is 5.69 Å². The molecule has 0 fully saturated rings. The number of aromatic nitrogens is 2. The third-order valence-electron chi connectivity index (χ3n) is 3.41. The molecule has 0 aliphatic heterocycles. The zero-order valence-electron chi connectivity index (χ0n) is 12.3. The molecular formula is C16H23N3. The molecule has 3 nitrogen and oxygen atoms in total. The minimum Gasteiger partial charge on any atom is -0.326 e. The van der Waals surface area contributed by atoms with Crippen molar-refractivity contribution in [2.75, 3.05) is 5.32 Å². The van der Waals surface area contributed by atoms with Gasteiger partial charge < -0.3 is 9.88 Å². The van der Waals surface area contributed by atoms with Crippen LogP contribution in [0.1, 0.15) is 36.6 Å². The van der Waals surface area contributed by atoms with Crippen LogP contribution in [-0.4, -0.2) is 9.55 Å². The van der Waals surface area contributed by atoms with Crippen LogP contribution in [0.3, 0.4) is 0 Å². The number of nitrogens with one attached hydrogen (secondary N) is 1.